The predicted octanol–water partition coefficient (Wildman–Crippen LogP) is 4.22. The monoisotopic (exact) mass is 419 g/mol. The Morgan fingerprint density at radius 1 is 0.964 bits per heavy atom. The van der Waals surface area contributed by atoms with Crippen molar-refractivity contribution in [2.24, 2.45) is 29.6 Å². The van der Waals surface area contributed by atoms with E-state index in [0.29, 0.717) is 25.3 Å². The number of halogens is 1. The third kappa shape index (κ3) is 10.6. The van der Waals surface area contributed by atoms with Crippen LogP contribution in [0.15, 0.2) is 0 Å². The number of nitrogens with one attached hydrogen (secondary N) is 3. The maximum Gasteiger partial charge on any atom is 0.247 e. The zero-order valence-electron chi connectivity index (χ0n) is 18.1. The van der Waals surface area contributed by atoms with Gasteiger partial charge in [-0.1, -0.05) is 72.6 Å². The first-order chi connectivity index (χ1) is 12.8. The van der Waals surface area contributed by atoms with Gasteiger partial charge in [0.15, 0.2) is 0 Å². The Morgan fingerprint density at radius 3 is 2.14 bits per heavy atom. The molecule has 0 aromatic rings. The molecule has 2 atom stereocenters. The molecule has 1 aliphatic carbocycles. The zero-order chi connectivity index (χ0) is 20.2. The normalized spacial score (nSPS) is 17.1. The summed E-state index contributed by atoms with van der Waals surface area (Å²) in [4.78, 5) is 25.1. The first kappa shape index (κ1) is 27.1. The molecule has 0 saturated heterocycles. The van der Waals surface area contributed by atoms with Crippen molar-refractivity contribution in [3.05, 3.63) is 0 Å². The molecule has 2 amide bonds. The van der Waals surface area contributed by atoms with Crippen molar-refractivity contribution in [1.29, 1.82) is 0 Å². The molecule has 0 aromatic carbocycles. The molecule has 0 heterocycles. The van der Waals surface area contributed by atoms with Gasteiger partial charge in [0, 0.05) is 6.54 Å². The van der Waals surface area contributed by atoms with Crippen LogP contribution in [0.2, 0.25) is 0 Å². The Labute approximate surface area is 177 Å². The summed E-state index contributed by atoms with van der Waals surface area (Å²) in [7, 11) is 0. The lowest BCUT2D eigenvalue weighted by Crippen LogP contribution is -2.47. The molecular weight excluding hydrogens is 378 g/mol. The Hall–Kier alpha value is -0.850. The fourth-order valence-corrected chi connectivity index (χ4v) is 4.10. The van der Waals surface area contributed by atoms with E-state index in [-0.39, 0.29) is 24.2 Å². The molecule has 1 saturated carbocycles. The quantitative estimate of drug-likeness (QED) is 0.281. The molecule has 7 heteroatoms. The smallest absolute Gasteiger partial charge is 0.247 e. The molecule has 1 fully saturated rings. The van der Waals surface area contributed by atoms with Crippen LogP contribution in [-0.2, 0) is 9.59 Å². The van der Waals surface area contributed by atoms with Gasteiger partial charge < -0.3 is 0 Å². The second-order valence-electron chi connectivity index (χ2n) is 9.02. The van der Waals surface area contributed by atoms with Gasteiger partial charge in [-0.25, -0.2) is 10.9 Å². The highest BCUT2D eigenvalue weighted by atomic mass is 35.5. The summed E-state index contributed by atoms with van der Waals surface area (Å²) in [6.07, 6.45) is 9.82. The van der Waals surface area contributed by atoms with Gasteiger partial charge in [0.25, 0.3) is 0 Å². The largest absolute Gasteiger partial charge is 0.291 e. The lowest BCUT2D eigenvalue weighted by molar-refractivity contribution is -0.141. The van der Waals surface area contributed by atoms with E-state index in [1.807, 2.05) is 0 Å². The Morgan fingerprint density at radius 2 is 1.61 bits per heavy atom. The molecule has 6 nitrogen and oxygen atoms in total. The summed E-state index contributed by atoms with van der Waals surface area (Å²) in [5, 5.41) is 9.22. The van der Waals surface area contributed by atoms with Crippen LogP contribution in [-0.4, -0.2) is 23.6 Å². The third-order valence-corrected chi connectivity index (χ3v) is 5.57. The molecule has 1 rings (SSSR count). The first-order valence-corrected chi connectivity index (χ1v) is 10.8. The van der Waals surface area contributed by atoms with Crippen LogP contribution in [0, 0.1) is 29.6 Å². The second kappa shape index (κ2) is 15.1. The molecule has 0 aromatic heterocycles. The maximum atomic E-state index is 12.8. The minimum absolute atomic E-state index is 0. The van der Waals surface area contributed by atoms with Gasteiger partial charge in [-0.05, 0) is 30.6 Å². The summed E-state index contributed by atoms with van der Waals surface area (Å²) in [6.45, 7) is 8.92. The number of hydrogen-bond donors (Lipinski definition) is 4. The van der Waals surface area contributed by atoms with Crippen LogP contribution < -0.4 is 16.3 Å². The average Bonchev–Trinajstić information content (AvgIpc) is 2.63. The van der Waals surface area contributed by atoms with Gasteiger partial charge in [-0.15, -0.1) is 12.4 Å². The second-order valence-corrected chi connectivity index (χ2v) is 9.02. The first-order valence-electron chi connectivity index (χ1n) is 10.8. The standard InChI is InChI=1S/C21H41N3O3.ClH/c1-15(2)13-19(20(25)23-22-14-16(3)4)18(21(26)24-27)12-8-11-17-9-6-5-7-10-17;/h15-19,22,27H,5-14H2,1-4H3,(H,23,25)(H,24,26);1H/t18?,19-;/m1./s1. The summed E-state index contributed by atoms with van der Waals surface area (Å²) in [6, 6.07) is 0. The van der Waals surface area contributed by atoms with Gasteiger partial charge in [0.2, 0.25) is 11.8 Å². The average molecular weight is 420 g/mol. The highest BCUT2D eigenvalue weighted by Crippen LogP contribution is 2.31. The molecule has 0 spiro atoms. The van der Waals surface area contributed by atoms with Crippen molar-refractivity contribution in [2.45, 2.75) is 85.5 Å². The van der Waals surface area contributed by atoms with Crippen LogP contribution in [0.25, 0.3) is 0 Å². The molecule has 0 aliphatic heterocycles. The van der Waals surface area contributed by atoms with Crippen LogP contribution in [0.3, 0.4) is 0 Å². The highest BCUT2D eigenvalue weighted by molar-refractivity contribution is 5.87. The Balaban J connectivity index is 0.00000729. The van der Waals surface area contributed by atoms with Crippen molar-refractivity contribution in [2.75, 3.05) is 6.54 Å². The van der Waals surface area contributed by atoms with Crippen LogP contribution in [0.4, 0.5) is 0 Å². The summed E-state index contributed by atoms with van der Waals surface area (Å²) < 4.78 is 0. The van der Waals surface area contributed by atoms with E-state index in [1.165, 1.54) is 32.1 Å². The summed E-state index contributed by atoms with van der Waals surface area (Å²) in [5.41, 5.74) is 7.53. The lowest BCUT2D eigenvalue weighted by Gasteiger charge is -2.27. The zero-order valence-corrected chi connectivity index (χ0v) is 18.9. The molecular formula is C21H42ClN3O3. The third-order valence-electron chi connectivity index (χ3n) is 5.57. The number of amides is 2. The number of hydrazine groups is 1. The fraction of sp³-hybridized carbons (Fsp3) is 0.905. The van der Waals surface area contributed by atoms with E-state index in [9.17, 15) is 14.8 Å². The lowest BCUT2D eigenvalue weighted by atomic mass is 9.79. The fourth-order valence-electron chi connectivity index (χ4n) is 4.10. The minimum atomic E-state index is -0.498. The molecule has 0 radical (unpaired) electrons. The van der Waals surface area contributed by atoms with E-state index in [1.54, 1.807) is 5.48 Å². The van der Waals surface area contributed by atoms with E-state index in [4.69, 9.17) is 0 Å². The molecule has 166 valence electrons. The van der Waals surface area contributed by atoms with Crippen molar-refractivity contribution in [1.82, 2.24) is 16.3 Å². The number of carbonyl (C=O) groups is 2. The number of hydrogen-bond acceptors (Lipinski definition) is 4. The van der Waals surface area contributed by atoms with Crippen LogP contribution in [0.5, 0.6) is 0 Å². The Kier molecular flexibility index (Phi) is 14.6. The number of carbonyl (C=O) groups excluding carboxylic acids is 2. The minimum Gasteiger partial charge on any atom is -0.291 e. The molecule has 4 N–H and O–H groups in total. The van der Waals surface area contributed by atoms with Gasteiger partial charge in [0.05, 0.1) is 11.8 Å². The number of hydroxylamine groups is 1. The topological polar surface area (TPSA) is 90.5 Å². The molecule has 1 aliphatic rings. The summed E-state index contributed by atoms with van der Waals surface area (Å²) >= 11 is 0. The van der Waals surface area contributed by atoms with E-state index < -0.39 is 17.7 Å². The van der Waals surface area contributed by atoms with Gasteiger partial charge in [-0.3, -0.25) is 20.2 Å². The van der Waals surface area contributed by atoms with E-state index >= 15 is 0 Å². The number of rotatable bonds is 12. The maximum absolute atomic E-state index is 12.8. The van der Waals surface area contributed by atoms with Crippen molar-refractivity contribution < 1.29 is 14.8 Å². The van der Waals surface area contributed by atoms with Crippen LogP contribution >= 0.6 is 12.4 Å². The van der Waals surface area contributed by atoms with Crippen molar-refractivity contribution in [3.63, 3.8) is 0 Å². The van der Waals surface area contributed by atoms with Crippen LogP contribution in [0.1, 0.15) is 85.5 Å². The molecule has 0 bridgehead atoms. The van der Waals surface area contributed by atoms with Crippen molar-refractivity contribution in [3.8, 4) is 0 Å². The molecule has 28 heavy (non-hydrogen) atoms. The van der Waals surface area contributed by atoms with E-state index in [0.717, 1.165) is 18.8 Å². The molecule has 1 unspecified atom stereocenters. The van der Waals surface area contributed by atoms with E-state index in [2.05, 4.69) is 38.5 Å². The highest BCUT2D eigenvalue weighted by Gasteiger charge is 2.34. The SMILES string of the molecule is CC(C)CNNC(=O)[C@H](CC(C)C)C(CCCC1CCCCC1)C(=O)NO.Cl. The van der Waals surface area contributed by atoms with Gasteiger partial charge >= 0.3 is 0 Å². The van der Waals surface area contributed by atoms with Gasteiger partial charge in [0.1, 0.15) is 0 Å². The Bertz CT molecular complexity index is 441. The predicted molar refractivity (Wildman–Crippen MR) is 115 cm³/mol. The van der Waals surface area contributed by atoms with Gasteiger partial charge in [-0.2, -0.15) is 0 Å². The van der Waals surface area contributed by atoms with Crippen molar-refractivity contribution >= 4 is 24.2 Å². The summed E-state index contributed by atoms with van der Waals surface area (Å²) in [5.74, 6) is -0.0790.